The van der Waals surface area contributed by atoms with Gasteiger partial charge in [0, 0.05) is 17.4 Å². The van der Waals surface area contributed by atoms with E-state index in [2.05, 4.69) is 59.2 Å². The summed E-state index contributed by atoms with van der Waals surface area (Å²) in [7, 11) is 0. The summed E-state index contributed by atoms with van der Waals surface area (Å²) in [6, 6.07) is 13.9. The van der Waals surface area contributed by atoms with Gasteiger partial charge in [0.05, 0.1) is 22.1 Å². The highest BCUT2D eigenvalue weighted by Gasteiger charge is 2.11. The number of nitrogens with zero attached hydrogens (tertiary/aromatic N) is 2. The zero-order chi connectivity index (χ0) is 22.7. The van der Waals surface area contributed by atoms with Crippen molar-refractivity contribution >= 4 is 38.9 Å². The van der Waals surface area contributed by atoms with Crippen LogP contribution in [-0.2, 0) is 13.2 Å². The molecule has 2 aromatic heterocycles. The number of carbonyl (C=O) groups excluding carboxylic acids is 1. The van der Waals surface area contributed by atoms with Crippen LogP contribution in [0.1, 0.15) is 37.5 Å². The molecule has 0 spiro atoms. The number of aromatic nitrogens is 2. The summed E-state index contributed by atoms with van der Waals surface area (Å²) < 4.78 is 8.83. The SMILES string of the molecule is Cc1cc(C)c(C)c(OCc2csc(C(=O)Nc3ccc(Cn4cc(Br)cn4)cc3)c2)c1. The zero-order valence-electron chi connectivity index (χ0n) is 18.2. The van der Waals surface area contributed by atoms with Crippen LogP contribution in [0.25, 0.3) is 0 Å². The van der Waals surface area contributed by atoms with Crippen molar-refractivity contribution in [2.75, 3.05) is 5.32 Å². The fourth-order valence-corrected chi connectivity index (χ4v) is 4.50. The Morgan fingerprint density at radius 3 is 2.62 bits per heavy atom. The molecule has 4 aromatic rings. The molecule has 0 fully saturated rings. The van der Waals surface area contributed by atoms with Crippen molar-refractivity contribution in [3.05, 3.63) is 97.4 Å². The molecule has 0 saturated carbocycles. The highest BCUT2D eigenvalue weighted by atomic mass is 79.9. The van der Waals surface area contributed by atoms with Crippen molar-refractivity contribution in [3.63, 3.8) is 0 Å². The Kier molecular flexibility index (Phi) is 6.77. The monoisotopic (exact) mass is 509 g/mol. The normalized spacial score (nSPS) is 10.9. The van der Waals surface area contributed by atoms with Crippen molar-refractivity contribution in [1.82, 2.24) is 9.78 Å². The molecule has 32 heavy (non-hydrogen) atoms. The van der Waals surface area contributed by atoms with Crippen LogP contribution in [0.15, 0.2) is 64.7 Å². The average molecular weight is 510 g/mol. The molecular weight excluding hydrogens is 486 g/mol. The Balaban J connectivity index is 1.34. The van der Waals surface area contributed by atoms with Crippen LogP contribution < -0.4 is 10.1 Å². The molecular formula is C25H24BrN3O2S. The van der Waals surface area contributed by atoms with Gasteiger partial charge < -0.3 is 10.1 Å². The fourth-order valence-electron chi connectivity index (χ4n) is 3.38. The van der Waals surface area contributed by atoms with Crippen molar-refractivity contribution in [3.8, 4) is 5.75 Å². The van der Waals surface area contributed by atoms with Gasteiger partial charge >= 0.3 is 0 Å². The fraction of sp³-hybridized carbons (Fsp3) is 0.200. The van der Waals surface area contributed by atoms with Gasteiger partial charge in [-0.05, 0) is 88.6 Å². The molecule has 0 bridgehead atoms. The first-order valence-corrected chi connectivity index (χ1v) is 11.9. The number of amides is 1. The summed E-state index contributed by atoms with van der Waals surface area (Å²) in [6.45, 7) is 7.33. The number of benzene rings is 2. The molecule has 2 heterocycles. The first-order chi connectivity index (χ1) is 15.4. The number of halogens is 1. The van der Waals surface area contributed by atoms with Crippen molar-refractivity contribution in [2.24, 2.45) is 0 Å². The van der Waals surface area contributed by atoms with Gasteiger partial charge in [0.2, 0.25) is 0 Å². The van der Waals surface area contributed by atoms with Crippen LogP contribution in [0.5, 0.6) is 5.75 Å². The largest absolute Gasteiger partial charge is 0.489 e. The van der Waals surface area contributed by atoms with E-state index < -0.39 is 0 Å². The number of ether oxygens (including phenoxy) is 1. The zero-order valence-corrected chi connectivity index (χ0v) is 20.6. The number of thiophene rings is 1. The van der Waals surface area contributed by atoms with Crippen LogP contribution in [-0.4, -0.2) is 15.7 Å². The molecule has 7 heteroatoms. The Hall–Kier alpha value is -2.90. The van der Waals surface area contributed by atoms with E-state index in [0.29, 0.717) is 18.0 Å². The van der Waals surface area contributed by atoms with Gasteiger partial charge in [-0.15, -0.1) is 11.3 Å². The minimum atomic E-state index is -0.118. The summed E-state index contributed by atoms with van der Waals surface area (Å²) in [5, 5.41) is 9.20. The highest BCUT2D eigenvalue weighted by Crippen LogP contribution is 2.25. The molecule has 4 rings (SSSR count). The molecule has 0 saturated heterocycles. The number of carbonyl (C=O) groups is 1. The lowest BCUT2D eigenvalue weighted by Gasteiger charge is -2.11. The molecule has 0 aliphatic heterocycles. The maximum absolute atomic E-state index is 12.7. The molecule has 0 aliphatic rings. The van der Waals surface area contributed by atoms with E-state index >= 15 is 0 Å². The minimum absolute atomic E-state index is 0.118. The number of anilines is 1. The second kappa shape index (κ2) is 9.71. The molecule has 164 valence electrons. The van der Waals surface area contributed by atoms with Gasteiger partial charge in [-0.1, -0.05) is 18.2 Å². The van der Waals surface area contributed by atoms with Crippen molar-refractivity contribution < 1.29 is 9.53 Å². The minimum Gasteiger partial charge on any atom is -0.489 e. The first-order valence-electron chi connectivity index (χ1n) is 10.2. The summed E-state index contributed by atoms with van der Waals surface area (Å²) in [4.78, 5) is 13.3. The van der Waals surface area contributed by atoms with Crippen LogP contribution in [0.2, 0.25) is 0 Å². The smallest absolute Gasteiger partial charge is 0.265 e. The summed E-state index contributed by atoms with van der Waals surface area (Å²) in [5.74, 6) is 0.773. The van der Waals surface area contributed by atoms with Crippen LogP contribution in [0, 0.1) is 20.8 Å². The lowest BCUT2D eigenvalue weighted by atomic mass is 10.1. The Labute approximate surface area is 200 Å². The molecule has 0 unspecified atom stereocenters. The van der Waals surface area contributed by atoms with E-state index in [0.717, 1.165) is 32.6 Å². The maximum Gasteiger partial charge on any atom is 0.265 e. The van der Waals surface area contributed by atoms with E-state index in [1.165, 1.54) is 22.5 Å². The molecule has 1 amide bonds. The van der Waals surface area contributed by atoms with E-state index in [1.807, 2.05) is 46.6 Å². The quantitative estimate of drug-likeness (QED) is 0.308. The van der Waals surface area contributed by atoms with Gasteiger partial charge in [0.15, 0.2) is 0 Å². The molecule has 0 aliphatic carbocycles. The molecule has 1 N–H and O–H groups in total. The molecule has 0 radical (unpaired) electrons. The van der Waals surface area contributed by atoms with E-state index in [9.17, 15) is 4.79 Å². The van der Waals surface area contributed by atoms with Gasteiger partial charge in [-0.2, -0.15) is 5.10 Å². The predicted octanol–water partition coefficient (Wildman–Crippen LogP) is 6.51. The van der Waals surface area contributed by atoms with Crippen molar-refractivity contribution in [2.45, 2.75) is 33.9 Å². The summed E-state index contributed by atoms with van der Waals surface area (Å²) in [6.07, 6.45) is 3.69. The number of rotatable bonds is 7. The molecule has 2 aromatic carbocycles. The molecule has 0 atom stereocenters. The van der Waals surface area contributed by atoms with Gasteiger partial charge in [0.25, 0.3) is 5.91 Å². The lowest BCUT2D eigenvalue weighted by Crippen LogP contribution is -2.10. The second-order valence-electron chi connectivity index (χ2n) is 7.82. The lowest BCUT2D eigenvalue weighted by molar-refractivity contribution is 0.103. The Bertz CT molecular complexity index is 1240. The third-order valence-electron chi connectivity index (χ3n) is 5.19. The summed E-state index contributed by atoms with van der Waals surface area (Å²) in [5.41, 5.74) is 6.39. The topological polar surface area (TPSA) is 56.1 Å². The number of hydrogen-bond acceptors (Lipinski definition) is 4. The van der Waals surface area contributed by atoms with Gasteiger partial charge in [0.1, 0.15) is 12.4 Å². The third kappa shape index (κ3) is 5.47. The Morgan fingerprint density at radius 2 is 1.91 bits per heavy atom. The number of nitrogens with one attached hydrogen (secondary N) is 1. The second-order valence-corrected chi connectivity index (χ2v) is 9.65. The summed E-state index contributed by atoms with van der Waals surface area (Å²) >= 11 is 4.82. The molecule has 5 nitrogen and oxygen atoms in total. The van der Waals surface area contributed by atoms with Crippen LogP contribution in [0.4, 0.5) is 5.69 Å². The number of hydrogen-bond donors (Lipinski definition) is 1. The predicted molar refractivity (Wildman–Crippen MR) is 133 cm³/mol. The highest BCUT2D eigenvalue weighted by molar-refractivity contribution is 9.10. The van der Waals surface area contributed by atoms with Crippen molar-refractivity contribution in [1.29, 1.82) is 0 Å². The average Bonchev–Trinajstić information content (AvgIpc) is 3.40. The third-order valence-corrected chi connectivity index (χ3v) is 6.58. The van der Waals surface area contributed by atoms with Gasteiger partial charge in [-0.3, -0.25) is 9.48 Å². The first kappa shape index (κ1) is 22.3. The van der Waals surface area contributed by atoms with Crippen LogP contribution >= 0.6 is 27.3 Å². The van der Waals surface area contributed by atoms with E-state index in [4.69, 9.17) is 4.74 Å². The Morgan fingerprint density at radius 1 is 1.12 bits per heavy atom. The maximum atomic E-state index is 12.7. The van der Waals surface area contributed by atoms with Gasteiger partial charge in [-0.25, -0.2) is 0 Å². The van der Waals surface area contributed by atoms with Crippen LogP contribution in [0.3, 0.4) is 0 Å². The standard InChI is InChI=1S/C25H24BrN3O2S/c1-16-8-17(2)18(3)23(9-16)31-14-20-10-24(32-15-20)25(30)28-22-6-4-19(5-7-22)12-29-13-21(26)11-27-29/h4-11,13,15H,12,14H2,1-3H3,(H,28,30). The van der Waals surface area contributed by atoms with E-state index in [1.54, 1.807) is 6.20 Å². The van der Waals surface area contributed by atoms with E-state index in [-0.39, 0.29) is 5.91 Å². The number of aryl methyl sites for hydroxylation is 2.